The van der Waals surface area contributed by atoms with Crippen LogP contribution in [0.4, 0.5) is 5.69 Å². The van der Waals surface area contributed by atoms with E-state index < -0.39 is 7.12 Å². The first kappa shape index (κ1) is 16.5. The molecule has 0 radical (unpaired) electrons. The minimum absolute atomic E-state index is 0.0831. The van der Waals surface area contributed by atoms with Gasteiger partial charge in [0, 0.05) is 5.69 Å². The zero-order valence-corrected chi connectivity index (χ0v) is 12.3. The Morgan fingerprint density at radius 3 is 1.95 bits per heavy atom. The molecule has 5 nitrogen and oxygen atoms in total. The van der Waals surface area contributed by atoms with Gasteiger partial charge in [-0.1, -0.05) is 48.5 Å². The molecular weight excluding hydrogens is 281 g/mol. The van der Waals surface area contributed by atoms with Gasteiger partial charge in [-0.3, -0.25) is 0 Å². The molecule has 2 aromatic rings. The fourth-order valence-electron chi connectivity index (χ4n) is 1.91. The SMILES string of the molecule is OB(O)c1ccccc1.c1ccc(NCC2OCCO2)cc1. The Balaban J connectivity index is 0.000000172. The van der Waals surface area contributed by atoms with Crippen LogP contribution < -0.4 is 10.8 Å². The van der Waals surface area contributed by atoms with Crippen molar-refractivity contribution >= 4 is 18.3 Å². The Hall–Kier alpha value is -1.86. The van der Waals surface area contributed by atoms with Crippen molar-refractivity contribution in [2.75, 3.05) is 25.1 Å². The maximum atomic E-state index is 8.58. The van der Waals surface area contributed by atoms with Gasteiger partial charge in [0.05, 0.1) is 19.8 Å². The van der Waals surface area contributed by atoms with Crippen molar-refractivity contribution in [2.24, 2.45) is 0 Å². The molecule has 3 rings (SSSR count). The number of hydrogen-bond acceptors (Lipinski definition) is 5. The van der Waals surface area contributed by atoms with E-state index in [-0.39, 0.29) is 6.29 Å². The first-order valence-electron chi connectivity index (χ1n) is 7.19. The predicted molar refractivity (Wildman–Crippen MR) is 86.9 cm³/mol. The molecule has 3 N–H and O–H groups in total. The normalized spacial score (nSPS) is 14.1. The van der Waals surface area contributed by atoms with Crippen LogP contribution in [0.1, 0.15) is 0 Å². The Labute approximate surface area is 130 Å². The van der Waals surface area contributed by atoms with E-state index in [0.29, 0.717) is 25.2 Å². The number of hydrogen-bond donors (Lipinski definition) is 3. The second kappa shape index (κ2) is 9.22. The molecule has 1 heterocycles. The summed E-state index contributed by atoms with van der Waals surface area (Å²) in [7, 11) is -1.34. The van der Waals surface area contributed by atoms with Gasteiger partial charge >= 0.3 is 7.12 Å². The van der Waals surface area contributed by atoms with E-state index in [1.54, 1.807) is 24.3 Å². The molecular formula is C16H20BNO4. The number of ether oxygens (including phenoxy) is 2. The highest BCUT2D eigenvalue weighted by Crippen LogP contribution is 2.08. The van der Waals surface area contributed by atoms with Crippen molar-refractivity contribution in [3.05, 3.63) is 60.7 Å². The van der Waals surface area contributed by atoms with Crippen molar-refractivity contribution < 1.29 is 19.5 Å². The number of nitrogens with one attached hydrogen (secondary N) is 1. The number of benzene rings is 2. The second-order valence-corrected chi connectivity index (χ2v) is 4.70. The van der Waals surface area contributed by atoms with Crippen molar-refractivity contribution in [1.82, 2.24) is 0 Å². The van der Waals surface area contributed by atoms with Crippen molar-refractivity contribution in [1.29, 1.82) is 0 Å². The van der Waals surface area contributed by atoms with Gasteiger partial charge < -0.3 is 24.8 Å². The predicted octanol–water partition coefficient (Wildman–Crippen LogP) is 0.838. The van der Waals surface area contributed by atoms with Gasteiger partial charge in [-0.15, -0.1) is 0 Å². The molecule has 116 valence electrons. The summed E-state index contributed by atoms with van der Waals surface area (Å²) in [6, 6.07) is 18.7. The highest BCUT2D eigenvalue weighted by molar-refractivity contribution is 6.58. The van der Waals surface area contributed by atoms with E-state index in [0.717, 1.165) is 5.69 Å². The zero-order chi connectivity index (χ0) is 15.6. The monoisotopic (exact) mass is 301 g/mol. The molecule has 0 bridgehead atoms. The highest BCUT2D eigenvalue weighted by Gasteiger charge is 2.14. The standard InChI is InChI=1S/C10H13NO2.C6H7BO2/c1-2-4-9(5-3-1)11-8-10-12-6-7-13-10;8-7(9)6-4-2-1-3-5-6/h1-5,10-11H,6-8H2;1-5,8-9H. The second-order valence-electron chi connectivity index (χ2n) is 4.70. The molecule has 1 aliphatic rings. The Morgan fingerprint density at radius 2 is 1.45 bits per heavy atom. The van der Waals surface area contributed by atoms with Crippen LogP contribution in [0.2, 0.25) is 0 Å². The lowest BCUT2D eigenvalue weighted by Crippen LogP contribution is -2.29. The van der Waals surface area contributed by atoms with Crippen LogP contribution in [0.15, 0.2) is 60.7 Å². The van der Waals surface area contributed by atoms with Gasteiger partial charge in [0.2, 0.25) is 0 Å². The Morgan fingerprint density at radius 1 is 0.909 bits per heavy atom. The maximum Gasteiger partial charge on any atom is 0.488 e. The van der Waals surface area contributed by atoms with E-state index >= 15 is 0 Å². The lowest BCUT2D eigenvalue weighted by atomic mass is 9.81. The van der Waals surface area contributed by atoms with Gasteiger partial charge in [0.1, 0.15) is 0 Å². The summed E-state index contributed by atoms with van der Waals surface area (Å²) in [6.07, 6.45) is -0.0831. The molecule has 0 unspecified atom stereocenters. The van der Waals surface area contributed by atoms with Crippen LogP contribution in [0.3, 0.4) is 0 Å². The third-order valence-corrected chi connectivity index (χ3v) is 3.04. The minimum Gasteiger partial charge on any atom is -0.423 e. The quantitative estimate of drug-likeness (QED) is 0.730. The van der Waals surface area contributed by atoms with E-state index in [4.69, 9.17) is 19.5 Å². The van der Waals surface area contributed by atoms with Gasteiger partial charge in [-0.25, -0.2) is 0 Å². The Kier molecular flexibility index (Phi) is 6.92. The summed E-state index contributed by atoms with van der Waals surface area (Å²) in [5, 5.41) is 20.4. The topological polar surface area (TPSA) is 71.0 Å². The molecule has 1 aliphatic heterocycles. The first-order chi connectivity index (χ1) is 10.8. The zero-order valence-electron chi connectivity index (χ0n) is 12.3. The van der Waals surface area contributed by atoms with Gasteiger partial charge in [-0.05, 0) is 17.6 Å². The van der Waals surface area contributed by atoms with Crippen molar-refractivity contribution in [3.63, 3.8) is 0 Å². The van der Waals surface area contributed by atoms with Crippen molar-refractivity contribution in [3.8, 4) is 0 Å². The third-order valence-electron chi connectivity index (χ3n) is 3.04. The van der Waals surface area contributed by atoms with Gasteiger partial charge in [0.15, 0.2) is 6.29 Å². The fourth-order valence-corrected chi connectivity index (χ4v) is 1.91. The van der Waals surface area contributed by atoms with Crippen LogP contribution in [0, 0.1) is 0 Å². The summed E-state index contributed by atoms with van der Waals surface area (Å²) in [6.45, 7) is 2.13. The summed E-state index contributed by atoms with van der Waals surface area (Å²) < 4.78 is 10.6. The molecule has 6 heteroatoms. The number of anilines is 1. The van der Waals surface area contributed by atoms with E-state index in [2.05, 4.69) is 5.32 Å². The van der Waals surface area contributed by atoms with Crippen LogP contribution in [0.5, 0.6) is 0 Å². The molecule has 1 saturated heterocycles. The summed E-state index contributed by atoms with van der Waals surface area (Å²) in [5.41, 5.74) is 1.62. The highest BCUT2D eigenvalue weighted by atomic mass is 16.7. The van der Waals surface area contributed by atoms with Crippen LogP contribution in [-0.2, 0) is 9.47 Å². The molecule has 1 fully saturated rings. The summed E-state index contributed by atoms with van der Waals surface area (Å²) >= 11 is 0. The molecule has 0 amide bonds. The molecule has 0 aliphatic carbocycles. The average molecular weight is 301 g/mol. The molecule has 0 aromatic heterocycles. The Bertz CT molecular complexity index is 518. The first-order valence-corrected chi connectivity index (χ1v) is 7.19. The van der Waals surface area contributed by atoms with E-state index in [9.17, 15) is 0 Å². The summed E-state index contributed by atoms with van der Waals surface area (Å²) in [5.74, 6) is 0. The maximum absolute atomic E-state index is 8.58. The van der Waals surface area contributed by atoms with Crippen LogP contribution in [-0.4, -0.2) is 43.2 Å². The van der Waals surface area contributed by atoms with Crippen LogP contribution >= 0.6 is 0 Å². The molecule has 0 atom stereocenters. The third kappa shape index (κ3) is 5.87. The molecule has 22 heavy (non-hydrogen) atoms. The van der Waals surface area contributed by atoms with Crippen LogP contribution in [0.25, 0.3) is 0 Å². The minimum atomic E-state index is -1.34. The number of para-hydroxylation sites is 1. The van der Waals surface area contributed by atoms with E-state index in [1.807, 2.05) is 36.4 Å². The smallest absolute Gasteiger partial charge is 0.423 e. The fraction of sp³-hybridized carbons (Fsp3) is 0.250. The summed E-state index contributed by atoms with van der Waals surface area (Å²) in [4.78, 5) is 0. The van der Waals surface area contributed by atoms with Gasteiger partial charge in [-0.2, -0.15) is 0 Å². The largest absolute Gasteiger partial charge is 0.488 e. The van der Waals surface area contributed by atoms with Crippen molar-refractivity contribution in [2.45, 2.75) is 6.29 Å². The number of rotatable bonds is 4. The van der Waals surface area contributed by atoms with E-state index in [1.165, 1.54) is 0 Å². The average Bonchev–Trinajstić information content (AvgIpc) is 3.09. The van der Waals surface area contributed by atoms with Gasteiger partial charge in [0.25, 0.3) is 0 Å². The molecule has 2 aromatic carbocycles. The molecule has 0 spiro atoms. The lowest BCUT2D eigenvalue weighted by Gasteiger charge is -2.10. The lowest BCUT2D eigenvalue weighted by molar-refractivity contribution is -0.0299. The molecule has 0 saturated carbocycles.